The first kappa shape index (κ1) is 21.1. The molecule has 2 amide bonds. The molecule has 5 rings (SSSR count). The summed E-state index contributed by atoms with van der Waals surface area (Å²) < 4.78 is 16.8. The molecule has 170 valence electrons. The second kappa shape index (κ2) is 8.31. The number of hydrogen-bond acceptors (Lipinski definition) is 7. The van der Waals surface area contributed by atoms with Crippen LogP contribution in [0.4, 0.5) is 16.3 Å². The predicted octanol–water partition coefficient (Wildman–Crippen LogP) is 2.65. The van der Waals surface area contributed by atoms with Crippen molar-refractivity contribution in [3.63, 3.8) is 0 Å². The summed E-state index contributed by atoms with van der Waals surface area (Å²) in [6, 6.07) is 7.66. The molecule has 4 heterocycles. The van der Waals surface area contributed by atoms with Crippen LogP contribution >= 0.6 is 0 Å². The van der Waals surface area contributed by atoms with E-state index in [9.17, 15) is 4.79 Å². The highest BCUT2D eigenvalue weighted by Gasteiger charge is 2.38. The third kappa shape index (κ3) is 4.03. The number of fused-ring (bicyclic) bond motifs is 1. The monoisotopic (exact) mass is 439 g/mol. The minimum Gasteiger partial charge on any atom is -0.377 e. The third-order valence-corrected chi connectivity index (χ3v) is 6.15. The Morgan fingerprint density at radius 1 is 1.12 bits per heavy atom. The van der Waals surface area contributed by atoms with Crippen molar-refractivity contribution in [3.05, 3.63) is 35.5 Å². The summed E-state index contributed by atoms with van der Waals surface area (Å²) in [5.74, 6) is 1.58. The predicted molar refractivity (Wildman–Crippen MR) is 120 cm³/mol. The zero-order chi connectivity index (χ0) is 22.3. The van der Waals surface area contributed by atoms with Crippen molar-refractivity contribution in [2.45, 2.75) is 45.1 Å². The van der Waals surface area contributed by atoms with Gasteiger partial charge in [-0.1, -0.05) is 0 Å². The molecule has 2 saturated heterocycles. The Morgan fingerprint density at radius 2 is 1.91 bits per heavy atom. The number of rotatable bonds is 4. The molecular weight excluding hydrogens is 410 g/mol. The van der Waals surface area contributed by atoms with Crippen LogP contribution in [0.3, 0.4) is 0 Å². The van der Waals surface area contributed by atoms with Crippen LogP contribution in [-0.4, -0.2) is 61.1 Å². The van der Waals surface area contributed by atoms with Crippen LogP contribution in [0.1, 0.15) is 32.0 Å². The number of amides is 2. The molecule has 32 heavy (non-hydrogen) atoms. The summed E-state index contributed by atoms with van der Waals surface area (Å²) >= 11 is 0. The molecule has 9 heteroatoms. The van der Waals surface area contributed by atoms with Crippen molar-refractivity contribution in [1.29, 1.82) is 0 Å². The van der Waals surface area contributed by atoms with Gasteiger partial charge in [-0.2, -0.15) is 0 Å². The summed E-state index contributed by atoms with van der Waals surface area (Å²) in [5.41, 5.74) is 3.11. The fourth-order valence-electron chi connectivity index (χ4n) is 4.21. The molecule has 0 radical (unpaired) electrons. The van der Waals surface area contributed by atoms with Gasteiger partial charge in [-0.15, -0.1) is 0 Å². The number of urea groups is 1. The minimum absolute atomic E-state index is 0.0839. The fraction of sp³-hybridized carbons (Fsp3) is 0.522. The van der Waals surface area contributed by atoms with Gasteiger partial charge in [0.2, 0.25) is 0 Å². The molecule has 3 aliphatic heterocycles. The zero-order valence-electron chi connectivity index (χ0n) is 18.7. The van der Waals surface area contributed by atoms with Crippen LogP contribution in [0.15, 0.2) is 24.3 Å². The highest BCUT2D eigenvalue weighted by atomic mass is 16.5. The average molecular weight is 440 g/mol. The second-order valence-corrected chi connectivity index (χ2v) is 9.02. The van der Waals surface area contributed by atoms with Gasteiger partial charge >= 0.3 is 6.03 Å². The van der Waals surface area contributed by atoms with E-state index in [0.717, 1.165) is 29.2 Å². The minimum atomic E-state index is -0.470. The highest BCUT2D eigenvalue weighted by Crippen LogP contribution is 2.40. The summed E-state index contributed by atoms with van der Waals surface area (Å²) in [4.78, 5) is 24.2. The lowest BCUT2D eigenvalue weighted by atomic mass is 10.0. The first-order valence-corrected chi connectivity index (χ1v) is 11.1. The van der Waals surface area contributed by atoms with Crippen LogP contribution < -0.4 is 15.5 Å². The van der Waals surface area contributed by atoms with Gasteiger partial charge in [0.15, 0.2) is 5.82 Å². The van der Waals surface area contributed by atoms with E-state index in [1.165, 1.54) is 0 Å². The number of carbonyl (C=O) groups is 1. The molecule has 1 aromatic carbocycles. The summed E-state index contributed by atoms with van der Waals surface area (Å²) in [6.07, 6.45) is 0. The lowest BCUT2D eigenvalue weighted by Gasteiger charge is -2.35. The highest BCUT2D eigenvalue weighted by molar-refractivity contribution is 5.89. The van der Waals surface area contributed by atoms with Crippen LogP contribution in [-0.2, 0) is 26.4 Å². The number of ether oxygens (including phenoxy) is 3. The number of nitrogens with zero attached hydrogens (tertiary/aromatic N) is 3. The molecule has 0 spiro atoms. The second-order valence-electron chi connectivity index (χ2n) is 9.02. The van der Waals surface area contributed by atoms with Crippen molar-refractivity contribution < 1.29 is 19.0 Å². The van der Waals surface area contributed by atoms with Crippen molar-refractivity contribution in [1.82, 2.24) is 15.3 Å². The van der Waals surface area contributed by atoms with Gasteiger partial charge in [0.25, 0.3) is 0 Å². The Kier molecular flexibility index (Phi) is 5.48. The standard InChI is InChI=1S/C23H29N5O4/c1-14-10-30-9-8-28(14)21-18-13-32-23(2,3)19(18)26-20(27-21)15-4-6-16(7-5-15)24-22(29)25-17-11-31-12-17/h4-7,14,17H,8-13H2,1-3H3,(H2,24,25,29). The number of carbonyl (C=O) groups excluding carboxylic acids is 1. The molecule has 1 unspecified atom stereocenters. The van der Waals surface area contributed by atoms with Gasteiger partial charge in [-0.25, -0.2) is 14.8 Å². The first-order chi connectivity index (χ1) is 15.4. The van der Waals surface area contributed by atoms with E-state index in [2.05, 4.69) is 22.5 Å². The molecule has 0 aliphatic carbocycles. The van der Waals surface area contributed by atoms with E-state index >= 15 is 0 Å². The normalized spacial score (nSPS) is 22.2. The topological polar surface area (TPSA) is 97.8 Å². The Labute approximate surface area is 187 Å². The number of nitrogens with one attached hydrogen (secondary N) is 2. The van der Waals surface area contributed by atoms with Gasteiger partial charge < -0.3 is 29.7 Å². The van der Waals surface area contributed by atoms with E-state index in [1.807, 2.05) is 38.1 Å². The molecule has 1 atom stereocenters. The fourth-order valence-corrected chi connectivity index (χ4v) is 4.21. The van der Waals surface area contributed by atoms with Crippen LogP contribution in [0.25, 0.3) is 11.4 Å². The van der Waals surface area contributed by atoms with Gasteiger partial charge in [0, 0.05) is 23.4 Å². The third-order valence-electron chi connectivity index (χ3n) is 6.15. The lowest BCUT2D eigenvalue weighted by Crippen LogP contribution is -2.49. The molecule has 0 bridgehead atoms. The van der Waals surface area contributed by atoms with Crippen LogP contribution in [0.5, 0.6) is 0 Å². The van der Waals surface area contributed by atoms with Crippen LogP contribution in [0, 0.1) is 0 Å². The number of benzene rings is 1. The Bertz CT molecular complexity index is 1010. The largest absolute Gasteiger partial charge is 0.377 e. The summed E-state index contributed by atoms with van der Waals surface area (Å²) in [5, 5.41) is 5.72. The summed E-state index contributed by atoms with van der Waals surface area (Å²) in [7, 11) is 0. The molecule has 2 N–H and O–H groups in total. The van der Waals surface area contributed by atoms with Gasteiger partial charge in [0.1, 0.15) is 11.4 Å². The van der Waals surface area contributed by atoms with E-state index in [0.29, 0.717) is 44.5 Å². The molecule has 2 aromatic rings. The smallest absolute Gasteiger partial charge is 0.319 e. The quantitative estimate of drug-likeness (QED) is 0.756. The van der Waals surface area contributed by atoms with E-state index in [1.54, 1.807) is 0 Å². The Hall–Kier alpha value is -2.75. The van der Waals surface area contributed by atoms with Gasteiger partial charge in [-0.05, 0) is 45.0 Å². The number of aromatic nitrogens is 2. The average Bonchev–Trinajstić information content (AvgIpc) is 3.06. The van der Waals surface area contributed by atoms with Crippen molar-refractivity contribution in [2.75, 3.05) is 43.2 Å². The molecule has 1 aromatic heterocycles. The van der Waals surface area contributed by atoms with Gasteiger partial charge in [-0.3, -0.25) is 0 Å². The zero-order valence-corrected chi connectivity index (χ0v) is 18.7. The van der Waals surface area contributed by atoms with Crippen molar-refractivity contribution >= 4 is 17.5 Å². The first-order valence-electron chi connectivity index (χ1n) is 11.1. The molecule has 2 fully saturated rings. The van der Waals surface area contributed by atoms with Crippen molar-refractivity contribution in [3.8, 4) is 11.4 Å². The maximum absolute atomic E-state index is 12.1. The van der Waals surface area contributed by atoms with Gasteiger partial charge in [0.05, 0.1) is 50.8 Å². The number of morpholine rings is 1. The maximum Gasteiger partial charge on any atom is 0.319 e. The number of anilines is 2. The SMILES string of the molecule is CC1COCCN1c1nc(-c2ccc(NC(=O)NC3COC3)cc2)nc2c1COC2(C)C. The van der Waals surface area contributed by atoms with Crippen LogP contribution in [0.2, 0.25) is 0 Å². The Morgan fingerprint density at radius 3 is 2.59 bits per heavy atom. The molecule has 3 aliphatic rings. The Balaban J connectivity index is 1.43. The van der Waals surface area contributed by atoms with Crippen molar-refractivity contribution in [2.24, 2.45) is 0 Å². The van der Waals surface area contributed by atoms with E-state index in [4.69, 9.17) is 24.2 Å². The van der Waals surface area contributed by atoms with E-state index < -0.39 is 5.60 Å². The number of hydrogen-bond donors (Lipinski definition) is 2. The maximum atomic E-state index is 12.1. The van der Waals surface area contributed by atoms with E-state index in [-0.39, 0.29) is 18.1 Å². The molecular formula is C23H29N5O4. The lowest BCUT2D eigenvalue weighted by molar-refractivity contribution is -0.0100. The summed E-state index contributed by atoms with van der Waals surface area (Å²) in [6.45, 7) is 10.0. The molecule has 0 saturated carbocycles. The molecule has 9 nitrogen and oxygen atoms in total.